The number of amides is 2. The van der Waals surface area contributed by atoms with E-state index in [4.69, 9.17) is 9.47 Å². The Balaban J connectivity index is 1.56. The topological polar surface area (TPSA) is 55.8 Å². The molecule has 0 N–H and O–H groups in total. The van der Waals surface area contributed by atoms with E-state index in [-0.39, 0.29) is 24.5 Å². The molecule has 0 bridgehead atoms. The quantitative estimate of drug-likeness (QED) is 0.799. The summed E-state index contributed by atoms with van der Waals surface area (Å²) < 4.78 is 10.6. The Morgan fingerprint density at radius 2 is 1.83 bits per heavy atom. The van der Waals surface area contributed by atoms with E-state index in [0.717, 1.165) is 22.9 Å². The van der Waals surface area contributed by atoms with Crippen molar-refractivity contribution in [3.8, 4) is 11.5 Å². The Labute approximate surface area is 142 Å². The molecule has 0 saturated carbocycles. The first-order valence-electron chi connectivity index (χ1n) is 7.40. The van der Waals surface area contributed by atoms with Crippen LogP contribution in [-0.4, -0.2) is 22.8 Å². The monoisotopic (exact) mass is 339 g/mol. The summed E-state index contributed by atoms with van der Waals surface area (Å²) >= 11 is 0.956. The molecule has 1 saturated heterocycles. The normalized spacial score (nSPS) is 17.8. The minimum Gasteiger partial charge on any atom is -0.454 e. The second kappa shape index (κ2) is 6.05. The maximum absolute atomic E-state index is 12.5. The lowest BCUT2D eigenvalue weighted by molar-refractivity contribution is -0.123. The smallest absolute Gasteiger partial charge is 0.293 e. The zero-order chi connectivity index (χ0) is 16.5. The molecule has 120 valence electrons. The third kappa shape index (κ3) is 2.76. The van der Waals surface area contributed by atoms with E-state index in [9.17, 15) is 9.59 Å². The molecule has 0 spiro atoms. The van der Waals surface area contributed by atoms with Gasteiger partial charge in [-0.1, -0.05) is 36.4 Å². The highest BCUT2D eigenvalue weighted by molar-refractivity contribution is 8.18. The zero-order valence-electron chi connectivity index (χ0n) is 12.6. The molecule has 2 amide bonds. The first-order chi connectivity index (χ1) is 11.7. The molecule has 0 aromatic heterocycles. The standard InChI is InChI=1S/C18H13NO4S/c20-17-16(9-13-6-7-14-15(8-13)23-11-22-14)24-18(21)19(17)10-12-4-2-1-3-5-12/h1-9H,10-11H2. The van der Waals surface area contributed by atoms with E-state index < -0.39 is 0 Å². The minimum absolute atomic E-state index is 0.201. The van der Waals surface area contributed by atoms with Gasteiger partial charge in [0, 0.05) is 0 Å². The lowest BCUT2D eigenvalue weighted by Gasteiger charge is -2.12. The van der Waals surface area contributed by atoms with Gasteiger partial charge in [0.2, 0.25) is 6.79 Å². The fourth-order valence-electron chi connectivity index (χ4n) is 2.56. The van der Waals surface area contributed by atoms with Gasteiger partial charge in [0.15, 0.2) is 11.5 Å². The van der Waals surface area contributed by atoms with Gasteiger partial charge in [0.1, 0.15) is 0 Å². The molecule has 24 heavy (non-hydrogen) atoms. The zero-order valence-corrected chi connectivity index (χ0v) is 13.4. The third-order valence-corrected chi connectivity index (χ3v) is 4.66. The number of fused-ring (bicyclic) bond motifs is 1. The van der Waals surface area contributed by atoms with Crippen molar-refractivity contribution in [2.24, 2.45) is 0 Å². The van der Waals surface area contributed by atoms with Crippen molar-refractivity contribution in [2.75, 3.05) is 6.79 Å². The second-order valence-corrected chi connectivity index (χ2v) is 6.36. The summed E-state index contributed by atoms with van der Waals surface area (Å²) in [5, 5.41) is -0.254. The molecule has 1 fully saturated rings. The largest absolute Gasteiger partial charge is 0.454 e. The number of hydrogen-bond acceptors (Lipinski definition) is 5. The van der Waals surface area contributed by atoms with Crippen LogP contribution in [0.3, 0.4) is 0 Å². The van der Waals surface area contributed by atoms with Crippen molar-refractivity contribution < 1.29 is 19.1 Å². The number of nitrogens with zero attached hydrogens (tertiary/aromatic N) is 1. The molecule has 2 aliphatic heterocycles. The van der Waals surface area contributed by atoms with Gasteiger partial charge in [0.25, 0.3) is 11.1 Å². The molecule has 5 nitrogen and oxygen atoms in total. The number of carbonyl (C=O) groups excluding carboxylic acids is 2. The number of imide groups is 1. The minimum atomic E-state index is -0.272. The average molecular weight is 339 g/mol. The SMILES string of the molecule is O=C1SC(=Cc2ccc3c(c2)OCO3)C(=O)N1Cc1ccccc1. The van der Waals surface area contributed by atoms with Gasteiger partial charge < -0.3 is 9.47 Å². The van der Waals surface area contributed by atoms with Crippen molar-refractivity contribution in [3.05, 3.63) is 64.6 Å². The maximum atomic E-state index is 12.5. The Morgan fingerprint density at radius 3 is 2.67 bits per heavy atom. The van der Waals surface area contributed by atoms with Gasteiger partial charge >= 0.3 is 0 Å². The molecule has 6 heteroatoms. The van der Waals surface area contributed by atoms with Crippen LogP contribution < -0.4 is 9.47 Å². The van der Waals surface area contributed by atoms with Crippen LogP contribution in [-0.2, 0) is 11.3 Å². The summed E-state index contributed by atoms with van der Waals surface area (Å²) in [4.78, 5) is 26.4. The highest BCUT2D eigenvalue weighted by atomic mass is 32.2. The third-order valence-electron chi connectivity index (χ3n) is 3.75. The molecule has 2 aliphatic rings. The van der Waals surface area contributed by atoms with Gasteiger partial charge in [-0.25, -0.2) is 0 Å². The molecule has 2 aromatic rings. The number of hydrogen-bond donors (Lipinski definition) is 0. The van der Waals surface area contributed by atoms with Crippen molar-refractivity contribution in [2.45, 2.75) is 6.54 Å². The maximum Gasteiger partial charge on any atom is 0.293 e. The predicted molar refractivity (Wildman–Crippen MR) is 90.5 cm³/mol. The Hall–Kier alpha value is -2.73. The van der Waals surface area contributed by atoms with Crippen LogP contribution in [0.5, 0.6) is 11.5 Å². The van der Waals surface area contributed by atoms with Gasteiger partial charge in [-0.05, 0) is 41.1 Å². The van der Waals surface area contributed by atoms with Crippen LogP contribution in [0.2, 0.25) is 0 Å². The van der Waals surface area contributed by atoms with Crippen molar-refractivity contribution in [1.29, 1.82) is 0 Å². The van der Waals surface area contributed by atoms with Crippen molar-refractivity contribution >= 4 is 29.0 Å². The predicted octanol–water partition coefficient (Wildman–Crippen LogP) is 3.65. The fourth-order valence-corrected chi connectivity index (χ4v) is 3.39. The molecule has 2 aromatic carbocycles. The second-order valence-electron chi connectivity index (χ2n) is 5.37. The molecular weight excluding hydrogens is 326 g/mol. The van der Waals surface area contributed by atoms with Crippen LogP contribution in [0, 0.1) is 0 Å². The van der Waals surface area contributed by atoms with Gasteiger partial charge in [-0.3, -0.25) is 14.5 Å². The lowest BCUT2D eigenvalue weighted by Crippen LogP contribution is -2.27. The van der Waals surface area contributed by atoms with Crippen LogP contribution in [0.15, 0.2) is 53.4 Å². The summed E-state index contributed by atoms with van der Waals surface area (Å²) in [5.74, 6) is 1.06. The number of thioether (sulfide) groups is 1. The number of carbonyl (C=O) groups is 2. The first-order valence-corrected chi connectivity index (χ1v) is 8.21. The van der Waals surface area contributed by atoms with Crippen molar-refractivity contribution in [3.63, 3.8) is 0 Å². The molecule has 0 unspecified atom stereocenters. The summed E-state index contributed by atoms with van der Waals surface area (Å²) in [6.45, 7) is 0.483. The van der Waals surface area contributed by atoms with Gasteiger partial charge in [0.05, 0.1) is 11.4 Å². The van der Waals surface area contributed by atoms with Crippen LogP contribution in [0.4, 0.5) is 4.79 Å². The van der Waals surface area contributed by atoms with E-state index in [2.05, 4.69) is 0 Å². The van der Waals surface area contributed by atoms with E-state index >= 15 is 0 Å². The fraction of sp³-hybridized carbons (Fsp3) is 0.111. The number of benzene rings is 2. The Bertz CT molecular complexity index is 847. The van der Waals surface area contributed by atoms with Gasteiger partial charge in [-0.2, -0.15) is 0 Å². The molecule has 4 rings (SSSR count). The Kier molecular flexibility index (Phi) is 3.74. The Morgan fingerprint density at radius 1 is 1.04 bits per heavy atom. The van der Waals surface area contributed by atoms with E-state index in [1.807, 2.05) is 36.4 Å². The summed E-state index contributed by atoms with van der Waals surface area (Å²) in [6, 6.07) is 14.9. The summed E-state index contributed by atoms with van der Waals surface area (Å²) in [6.07, 6.45) is 1.71. The highest BCUT2D eigenvalue weighted by Gasteiger charge is 2.35. The van der Waals surface area contributed by atoms with E-state index in [1.165, 1.54) is 4.90 Å². The molecule has 0 aliphatic carbocycles. The van der Waals surface area contributed by atoms with Crippen molar-refractivity contribution in [1.82, 2.24) is 4.90 Å². The van der Waals surface area contributed by atoms with Gasteiger partial charge in [-0.15, -0.1) is 0 Å². The molecule has 0 atom stereocenters. The average Bonchev–Trinajstić information content (AvgIpc) is 3.16. The molecule has 0 radical (unpaired) electrons. The number of rotatable bonds is 3. The highest BCUT2D eigenvalue weighted by Crippen LogP contribution is 2.36. The van der Waals surface area contributed by atoms with Crippen LogP contribution in [0.1, 0.15) is 11.1 Å². The lowest BCUT2D eigenvalue weighted by atomic mass is 10.2. The summed E-state index contributed by atoms with van der Waals surface area (Å²) in [7, 11) is 0. The van der Waals surface area contributed by atoms with E-state index in [0.29, 0.717) is 16.4 Å². The summed E-state index contributed by atoms with van der Waals surface area (Å²) in [5.41, 5.74) is 1.72. The molecular formula is C18H13NO4S. The van der Waals surface area contributed by atoms with E-state index in [1.54, 1.807) is 18.2 Å². The van der Waals surface area contributed by atoms with Crippen LogP contribution >= 0.6 is 11.8 Å². The number of ether oxygens (including phenoxy) is 2. The first kappa shape index (κ1) is 14.8. The molecule has 2 heterocycles. The van der Waals surface area contributed by atoms with Crippen LogP contribution in [0.25, 0.3) is 6.08 Å².